The van der Waals surface area contributed by atoms with Gasteiger partial charge in [-0.15, -0.1) is 0 Å². The van der Waals surface area contributed by atoms with E-state index in [0.29, 0.717) is 23.5 Å². The molecule has 1 heterocycles. The zero-order valence-corrected chi connectivity index (χ0v) is 12.8. The van der Waals surface area contributed by atoms with Gasteiger partial charge in [-0.1, -0.05) is 13.3 Å². The zero-order valence-electron chi connectivity index (χ0n) is 12.8. The fourth-order valence-electron chi connectivity index (χ4n) is 2.05. The van der Waals surface area contributed by atoms with Gasteiger partial charge in [-0.05, 0) is 36.8 Å². The maximum Gasteiger partial charge on any atom is 0.255 e. The molecule has 0 atom stereocenters. The Labute approximate surface area is 129 Å². The molecule has 0 aliphatic rings. The molecule has 0 radical (unpaired) electrons. The van der Waals surface area contributed by atoms with E-state index in [2.05, 4.69) is 12.2 Å². The van der Waals surface area contributed by atoms with Crippen molar-refractivity contribution in [3.8, 4) is 11.4 Å². The topological polar surface area (TPSA) is 60.3 Å². The van der Waals surface area contributed by atoms with Crippen molar-refractivity contribution in [2.45, 2.75) is 19.8 Å². The Bertz CT molecular complexity index is 690. The van der Waals surface area contributed by atoms with Crippen LogP contribution >= 0.6 is 0 Å². The number of benzene rings is 1. The molecule has 0 aliphatic heterocycles. The summed E-state index contributed by atoms with van der Waals surface area (Å²) in [7, 11) is 1.59. The molecular formula is C17H20N2O3. The Morgan fingerprint density at radius 1 is 1.18 bits per heavy atom. The molecule has 0 saturated heterocycles. The number of carbonyl (C=O) groups is 1. The van der Waals surface area contributed by atoms with E-state index in [0.717, 1.165) is 12.8 Å². The van der Waals surface area contributed by atoms with Crippen molar-refractivity contribution in [2.24, 2.45) is 0 Å². The second-order valence-corrected chi connectivity index (χ2v) is 4.93. The van der Waals surface area contributed by atoms with Crippen molar-refractivity contribution in [1.29, 1.82) is 0 Å². The lowest BCUT2D eigenvalue weighted by molar-refractivity contribution is 0.0952. The molecule has 0 spiro atoms. The van der Waals surface area contributed by atoms with Gasteiger partial charge in [-0.25, -0.2) is 0 Å². The summed E-state index contributed by atoms with van der Waals surface area (Å²) >= 11 is 0. The number of methoxy groups -OCH3 is 1. The highest BCUT2D eigenvalue weighted by Crippen LogP contribution is 2.14. The molecule has 22 heavy (non-hydrogen) atoms. The number of nitrogens with zero attached hydrogens (tertiary/aromatic N) is 1. The summed E-state index contributed by atoms with van der Waals surface area (Å²) in [6.07, 6.45) is 3.51. The van der Waals surface area contributed by atoms with Crippen LogP contribution in [0.15, 0.2) is 47.4 Å². The molecule has 0 aliphatic carbocycles. The highest BCUT2D eigenvalue weighted by molar-refractivity contribution is 5.93. The van der Waals surface area contributed by atoms with Gasteiger partial charge in [0.1, 0.15) is 5.75 Å². The number of hydrogen-bond donors (Lipinski definition) is 1. The molecule has 5 nitrogen and oxygen atoms in total. The summed E-state index contributed by atoms with van der Waals surface area (Å²) in [5.74, 6) is 0.543. The number of ether oxygens (including phenoxy) is 1. The lowest BCUT2D eigenvalue weighted by Crippen LogP contribution is -2.26. The number of amides is 1. The predicted molar refractivity (Wildman–Crippen MR) is 85.8 cm³/mol. The van der Waals surface area contributed by atoms with Gasteiger partial charge in [0, 0.05) is 24.5 Å². The van der Waals surface area contributed by atoms with Crippen molar-refractivity contribution >= 4 is 5.91 Å². The average molecular weight is 300 g/mol. The van der Waals surface area contributed by atoms with Crippen LogP contribution in [0.25, 0.3) is 5.69 Å². The summed E-state index contributed by atoms with van der Waals surface area (Å²) in [5, 5.41) is 2.84. The lowest BCUT2D eigenvalue weighted by Gasteiger charge is -2.09. The molecule has 5 heteroatoms. The lowest BCUT2D eigenvalue weighted by atomic mass is 10.2. The van der Waals surface area contributed by atoms with Crippen LogP contribution in [-0.4, -0.2) is 24.1 Å². The second kappa shape index (κ2) is 7.45. The van der Waals surface area contributed by atoms with Gasteiger partial charge in [-0.2, -0.15) is 0 Å². The molecule has 1 N–H and O–H groups in total. The molecule has 2 rings (SSSR count). The monoisotopic (exact) mass is 300 g/mol. The van der Waals surface area contributed by atoms with Gasteiger partial charge in [0.05, 0.1) is 12.7 Å². The molecule has 1 aromatic heterocycles. The fraction of sp³-hybridized carbons (Fsp3) is 0.294. The van der Waals surface area contributed by atoms with Gasteiger partial charge in [-0.3, -0.25) is 14.2 Å². The largest absolute Gasteiger partial charge is 0.497 e. The first-order chi connectivity index (χ1) is 10.7. The second-order valence-electron chi connectivity index (χ2n) is 4.93. The highest BCUT2D eigenvalue weighted by atomic mass is 16.5. The maximum absolute atomic E-state index is 12.1. The quantitative estimate of drug-likeness (QED) is 0.833. The number of aromatic nitrogens is 1. The van der Waals surface area contributed by atoms with Crippen molar-refractivity contribution in [3.05, 3.63) is 58.5 Å². The first kappa shape index (κ1) is 15.8. The number of carbonyl (C=O) groups excluding carboxylic acids is 1. The van der Waals surface area contributed by atoms with Crippen LogP contribution < -0.4 is 15.6 Å². The molecule has 1 aromatic carbocycles. The molecule has 0 bridgehead atoms. The van der Waals surface area contributed by atoms with Gasteiger partial charge in [0.15, 0.2) is 0 Å². The minimum Gasteiger partial charge on any atom is -0.497 e. The summed E-state index contributed by atoms with van der Waals surface area (Å²) in [6, 6.07) is 10.0. The van der Waals surface area contributed by atoms with E-state index in [1.54, 1.807) is 43.6 Å². The molecule has 2 aromatic rings. The fourth-order valence-corrected chi connectivity index (χ4v) is 2.05. The van der Waals surface area contributed by atoms with E-state index in [1.165, 1.54) is 10.6 Å². The van der Waals surface area contributed by atoms with E-state index in [1.807, 2.05) is 0 Å². The first-order valence-corrected chi connectivity index (χ1v) is 7.31. The highest BCUT2D eigenvalue weighted by Gasteiger charge is 2.08. The van der Waals surface area contributed by atoms with Crippen LogP contribution in [0.3, 0.4) is 0 Å². The molecule has 1 amide bonds. The Hall–Kier alpha value is -2.56. The molecule has 0 saturated carbocycles. The van der Waals surface area contributed by atoms with Crippen LogP contribution in [0.2, 0.25) is 0 Å². The van der Waals surface area contributed by atoms with Crippen LogP contribution in [0.5, 0.6) is 5.75 Å². The standard InChI is InChI=1S/C17H20N2O3/c1-3-4-11-18-17(21)13-5-10-16(20)19(12-13)14-6-8-15(22-2)9-7-14/h5-10,12H,3-4,11H2,1-2H3,(H,18,21). The van der Waals surface area contributed by atoms with Crippen molar-refractivity contribution < 1.29 is 9.53 Å². The predicted octanol–water partition coefficient (Wildman–Crippen LogP) is 2.38. The number of pyridine rings is 1. The summed E-state index contributed by atoms with van der Waals surface area (Å²) in [6.45, 7) is 2.70. The average Bonchev–Trinajstić information content (AvgIpc) is 2.55. The van der Waals surface area contributed by atoms with Crippen molar-refractivity contribution in [2.75, 3.05) is 13.7 Å². The summed E-state index contributed by atoms with van der Waals surface area (Å²) < 4.78 is 6.55. The minimum absolute atomic E-state index is 0.171. The zero-order chi connectivity index (χ0) is 15.9. The van der Waals surface area contributed by atoms with Crippen LogP contribution in [0.1, 0.15) is 30.1 Å². The smallest absolute Gasteiger partial charge is 0.255 e. The molecule has 0 fully saturated rings. The number of hydrogen-bond acceptors (Lipinski definition) is 3. The van der Waals surface area contributed by atoms with Crippen LogP contribution in [-0.2, 0) is 0 Å². The maximum atomic E-state index is 12.1. The van der Waals surface area contributed by atoms with Crippen molar-refractivity contribution in [3.63, 3.8) is 0 Å². The van der Waals surface area contributed by atoms with Crippen LogP contribution in [0.4, 0.5) is 0 Å². The van der Waals surface area contributed by atoms with Gasteiger partial charge in [0.2, 0.25) is 0 Å². The van der Waals surface area contributed by atoms with Crippen LogP contribution in [0, 0.1) is 0 Å². The van der Waals surface area contributed by atoms with E-state index in [9.17, 15) is 9.59 Å². The van der Waals surface area contributed by atoms with E-state index >= 15 is 0 Å². The third-order valence-electron chi connectivity index (χ3n) is 3.34. The molecule has 116 valence electrons. The third-order valence-corrected chi connectivity index (χ3v) is 3.34. The van der Waals surface area contributed by atoms with Gasteiger partial charge >= 0.3 is 0 Å². The SMILES string of the molecule is CCCCNC(=O)c1ccc(=O)n(-c2ccc(OC)cc2)c1. The van der Waals surface area contributed by atoms with Gasteiger partial charge in [0.25, 0.3) is 11.5 Å². The van der Waals surface area contributed by atoms with E-state index in [4.69, 9.17) is 4.74 Å². The molecular weight excluding hydrogens is 280 g/mol. The Morgan fingerprint density at radius 2 is 1.91 bits per heavy atom. The Kier molecular flexibility index (Phi) is 5.36. The minimum atomic E-state index is -0.185. The first-order valence-electron chi connectivity index (χ1n) is 7.31. The number of nitrogens with one attached hydrogen (secondary N) is 1. The van der Waals surface area contributed by atoms with Gasteiger partial charge < -0.3 is 10.1 Å². The Balaban J connectivity index is 2.26. The normalized spacial score (nSPS) is 10.3. The summed E-state index contributed by atoms with van der Waals surface area (Å²) in [4.78, 5) is 24.1. The molecule has 0 unspecified atom stereocenters. The van der Waals surface area contributed by atoms with E-state index in [-0.39, 0.29) is 11.5 Å². The number of rotatable bonds is 6. The Morgan fingerprint density at radius 3 is 2.55 bits per heavy atom. The van der Waals surface area contributed by atoms with E-state index < -0.39 is 0 Å². The third kappa shape index (κ3) is 3.75. The number of unbranched alkanes of at least 4 members (excludes halogenated alkanes) is 1. The summed E-state index contributed by atoms with van der Waals surface area (Å²) in [5.41, 5.74) is 0.968. The van der Waals surface area contributed by atoms with Crippen molar-refractivity contribution in [1.82, 2.24) is 9.88 Å².